The van der Waals surface area contributed by atoms with Gasteiger partial charge < -0.3 is 10.6 Å². The average Bonchev–Trinajstić information content (AvgIpc) is 2.86. The molecule has 1 aliphatic heterocycles. The highest BCUT2D eigenvalue weighted by molar-refractivity contribution is 5.90. The molecule has 1 heterocycles. The Labute approximate surface area is 205 Å². The van der Waals surface area contributed by atoms with Crippen molar-refractivity contribution in [2.45, 2.75) is 64.7 Å². The molecule has 0 saturated carbocycles. The van der Waals surface area contributed by atoms with Crippen LogP contribution in [0, 0.1) is 13.8 Å². The fourth-order valence-corrected chi connectivity index (χ4v) is 5.13. The van der Waals surface area contributed by atoms with Gasteiger partial charge in [0.1, 0.15) is 0 Å². The Kier molecular flexibility index (Phi) is 8.54. The molecule has 2 N–H and O–H groups in total. The van der Waals surface area contributed by atoms with E-state index in [9.17, 15) is 4.79 Å². The molecule has 0 radical (unpaired) electrons. The number of benzene rings is 3. The van der Waals surface area contributed by atoms with Crippen LogP contribution in [-0.4, -0.2) is 19.0 Å². The van der Waals surface area contributed by atoms with Crippen molar-refractivity contribution in [2.75, 3.05) is 18.4 Å². The number of amides is 1. The first-order valence-corrected chi connectivity index (χ1v) is 12.9. The molecule has 1 fully saturated rings. The lowest BCUT2D eigenvalue weighted by Gasteiger charge is -2.25. The molecule has 1 aliphatic rings. The number of rotatable bonds is 9. The van der Waals surface area contributed by atoms with Gasteiger partial charge in [-0.3, -0.25) is 4.79 Å². The van der Waals surface area contributed by atoms with Crippen LogP contribution in [0.4, 0.5) is 5.69 Å². The summed E-state index contributed by atoms with van der Waals surface area (Å²) in [5, 5.41) is 6.57. The fourth-order valence-electron chi connectivity index (χ4n) is 5.13. The molecule has 3 aromatic rings. The van der Waals surface area contributed by atoms with Crippen molar-refractivity contribution in [1.82, 2.24) is 5.32 Å². The molecule has 0 aliphatic carbocycles. The van der Waals surface area contributed by atoms with Gasteiger partial charge in [-0.15, -0.1) is 0 Å². The molecule has 1 saturated heterocycles. The van der Waals surface area contributed by atoms with E-state index in [1.54, 1.807) is 0 Å². The topological polar surface area (TPSA) is 41.1 Å². The van der Waals surface area contributed by atoms with E-state index in [1.165, 1.54) is 46.2 Å². The molecule has 34 heavy (non-hydrogen) atoms. The van der Waals surface area contributed by atoms with Crippen LogP contribution < -0.4 is 10.6 Å². The molecule has 178 valence electrons. The van der Waals surface area contributed by atoms with Crippen molar-refractivity contribution in [3.63, 3.8) is 0 Å². The van der Waals surface area contributed by atoms with Gasteiger partial charge in [0.05, 0.1) is 0 Å². The largest absolute Gasteiger partial charge is 0.326 e. The summed E-state index contributed by atoms with van der Waals surface area (Å²) in [6.45, 7) is 6.53. The first-order valence-electron chi connectivity index (χ1n) is 12.9. The number of hydrogen-bond acceptors (Lipinski definition) is 2. The minimum absolute atomic E-state index is 0.128. The minimum Gasteiger partial charge on any atom is -0.326 e. The number of nitrogens with one attached hydrogen (secondary N) is 2. The Morgan fingerprint density at radius 2 is 1.68 bits per heavy atom. The monoisotopic (exact) mass is 454 g/mol. The van der Waals surface area contributed by atoms with E-state index < -0.39 is 0 Å². The van der Waals surface area contributed by atoms with Gasteiger partial charge in [0.2, 0.25) is 5.91 Å². The first kappa shape index (κ1) is 24.2. The molecule has 0 spiro atoms. The normalized spacial score (nSPS) is 14.2. The summed E-state index contributed by atoms with van der Waals surface area (Å²) in [5.74, 6) is 0.728. The Morgan fingerprint density at radius 3 is 2.44 bits per heavy atom. The van der Waals surface area contributed by atoms with Crippen molar-refractivity contribution >= 4 is 11.6 Å². The maximum Gasteiger partial charge on any atom is 0.224 e. The van der Waals surface area contributed by atoms with E-state index in [0.717, 1.165) is 44.5 Å². The summed E-state index contributed by atoms with van der Waals surface area (Å²) < 4.78 is 0. The van der Waals surface area contributed by atoms with Gasteiger partial charge in [0, 0.05) is 12.1 Å². The number of hydrogen-bond donors (Lipinski definition) is 2. The Bertz CT molecular complexity index is 1080. The van der Waals surface area contributed by atoms with Gasteiger partial charge >= 0.3 is 0 Å². The van der Waals surface area contributed by atoms with Crippen molar-refractivity contribution in [1.29, 1.82) is 0 Å². The smallest absolute Gasteiger partial charge is 0.224 e. The summed E-state index contributed by atoms with van der Waals surface area (Å²) in [6, 6.07) is 23.8. The first-order chi connectivity index (χ1) is 16.6. The molecule has 0 bridgehead atoms. The van der Waals surface area contributed by atoms with E-state index >= 15 is 0 Å². The van der Waals surface area contributed by atoms with E-state index in [1.807, 2.05) is 6.07 Å². The van der Waals surface area contributed by atoms with Gasteiger partial charge in [-0.2, -0.15) is 0 Å². The molecule has 4 rings (SSSR count). The Balaban J connectivity index is 1.20. The van der Waals surface area contributed by atoms with E-state index in [-0.39, 0.29) is 5.91 Å². The average molecular weight is 455 g/mol. The number of piperidine rings is 1. The van der Waals surface area contributed by atoms with Crippen LogP contribution in [0.2, 0.25) is 0 Å². The summed E-state index contributed by atoms with van der Waals surface area (Å²) in [4.78, 5) is 12.5. The van der Waals surface area contributed by atoms with Crippen molar-refractivity contribution in [3.8, 4) is 11.1 Å². The number of carbonyl (C=O) groups excluding carboxylic acids is 1. The maximum absolute atomic E-state index is 12.5. The zero-order valence-corrected chi connectivity index (χ0v) is 20.7. The van der Waals surface area contributed by atoms with Crippen LogP contribution in [0.5, 0.6) is 0 Å². The highest BCUT2D eigenvalue weighted by Gasteiger charge is 2.17. The molecule has 1 amide bonds. The molecular formula is C31H38N2O. The van der Waals surface area contributed by atoms with Gasteiger partial charge in [-0.05, 0) is 110 Å². The Morgan fingerprint density at radius 1 is 0.882 bits per heavy atom. The second kappa shape index (κ2) is 12.0. The molecule has 3 aromatic carbocycles. The van der Waals surface area contributed by atoms with Crippen LogP contribution in [0.1, 0.15) is 66.7 Å². The van der Waals surface area contributed by atoms with Crippen molar-refractivity contribution in [3.05, 3.63) is 89.0 Å². The van der Waals surface area contributed by atoms with Crippen LogP contribution in [-0.2, 0) is 11.2 Å². The van der Waals surface area contributed by atoms with Gasteiger partial charge in [0.15, 0.2) is 0 Å². The third kappa shape index (κ3) is 6.57. The molecule has 3 heteroatoms. The van der Waals surface area contributed by atoms with E-state index in [2.05, 4.69) is 85.1 Å². The number of carbonyl (C=O) groups is 1. The maximum atomic E-state index is 12.5. The quantitative estimate of drug-likeness (QED) is 0.336. The third-order valence-electron chi connectivity index (χ3n) is 7.09. The highest BCUT2D eigenvalue weighted by Crippen LogP contribution is 2.30. The molecule has 0 unspecified atom stereocenters. The van der Waals surface area contributed by atoms with Gasteiger partial charge in [0.25, 0.3) is 0 Å². The summed E-state index contributed by atoms with van der Waals surface area (Å²) in [6.07, 6.45) is 7.11. The zero-order chi connectivity index (χ0) is 23.8. The van der Waals surface area contributed by atoms with Gasteiger partial charge in [-0.25, -0.2) is 0 Å². The number of unbranched alkanes of at least 4 members (excludes halogenated alkanes) is 2. The Hall–Kier alpha value is -2.91. The van der Waals surface area contributed by atoms with Crippen LogP contribution in [0.15, 0.2) is 66.7 Å². The third-order valence-corrected chi connectivity index (χ3v) is 7.09. The predicted molar refractivity (Wildman–Crippen MR) is 143 cm³/mol. The molecule has 0 aromatic heterocycles. The van der Waals surface area contributed by atoms with Crippen LogP contribution >= 0.6 is 0 Å². The SMILES string of the molecule is Cc1cc(CCCCCC(=O)Nc2ccc(C)c(C3CCNCC3)c2)ccc1-c1ccccc1. The highest BCUT2D eigenvalue weighted by atomic mass is 16.1. The summed E-state index contributed by atoms with van der Waals surface area (Å²) in [5.41, 5.74) is 8.95. The lowest BCUT2D eigenvalue weighted by molar-refractivity contribution is -0.116. The zero-order valence-electron chi connectivity index (χ0n) is 20.7. The predicted octanol–water partition coefficient (Wildman–Crippen LogP) is 7.18. The number of aryl methyl sites for hydroxylation is 3. The van der Waals surface area contributed by atoms with Crippen LogP contribution in [0.25, 0.3) is 11.1 Å². The van der Waals surface area contributed by atoms with Crippen LogP contribution in [0.3, 0.4) is 0 Å². The van der Waals surface area contributed by atoms with Crippen molar-refractivity contribution in [2.24, 2.45) is 0 Å². The van der Waals surface area contributed by atoms with Gasteiger partial charge in [-0.1, -0.05) is 61.0 Å². The fraction of sp³-hybridized carbons (Fsp3) is 0.387. The molecule has 0 atom stereocenters. The molecular weight excluding hydrogens is 416 g/mol. The standard InChI is InChI=1S/C31H38N2O/c1-23-13-15-28(22-30(23)27-17-19-32-20-18-27)33-31(34)12-8-3-5-9-25-14-16-29(24(2)21-25)26-10-6-4-7-11-26/h4,6-7,10-11,13-16,21-22,27,32H,3,5,8-9,12,17-20H2,1-2H3,(H,33,34). The second-order valence-corrected chi connectivity index (χ2v) is 9.72. The number of anilines is 1. The lowest BCUT2D eigenvalue weighted by atomic mass is 9.87. The lowest BCUT2D eigenvalue weighted by Crippen LogP contribution is -2.27. The summed E-state index contributed by atoms with van der Waals surface area (Å²) in [7, 11) is 0. The van der Waals surface area contributed by atoms with E-state index in [0.29, 0.717) is 12.3 Å². The molecule has 3 nitrogen and oxygen atoms in total. The second-order valence-electron chi connectivity index (χ2n) is 9.72. The minimum atomic E-state index is 0.128. The van der Waals surface area contributed by atoms with Crippen molar-refractivity contribution < 1.29 is 4.79 Å². The van der Waals surface area contributed by atoms with E-state index in [4.69, 9.17) is 0 Å². The summed E-state index contributed by atoms with van der Waals surface area (Å²) >= 11 is 0.